The summed E-state index contributed by atoms with van der Waals surface area (Å²) in [6.07, 6.45) is -4.69. The van der Waals surface area contributed by atoms with Gasteiger partial charge in [-0.05, 0) is 43.4 Å². The summed E-state index contributed by atoms with van der Waals surface area (Å²) < 4.78 is 72.0. The molecule has 2 aromatic rings. The lowest BCUT2D eigenvalue weighted by Gasteiger charge is -2.31. The molecule has 0 bridgehead atoms. The molecule has 1 aliphatic heterocycles. The van der Waals surface area contributed by atoms with E-state index >= 15 is 0 Å². The fourth-order valence-corrected chi connectivity index (χ4v) is 5.04. The van der Waals surface area contributed by atoms with Crippen LogP contribution in [-0.2, 0) is 16.2 Å². The van der Waals surface area contributed by atoms with Crippen LogP contribution >= 0.6 is 11.6 Å². The lowest BCUT2D eigenvalue weighted by molar-refractivity contribution is -0.137. The van der Waals surface area contributed by atoms with E-state index in [-0.39, 0.29) is 35.0 Å². The molecule has 3 rings (SSSR count). The van der Waals surface area contributed by atoms with Gasteiger partial charge in [-0.2, -0.15) is 17.5 Å². The number of benzene rings is 2. The van der Waals surface area contributed by atoms with Gasteiger partial charge in [-0.25, -0.2) is 8.42 Å². The smallest absolute Gasteiger partial charge is 0.417 e. The van der Waals surface area contributed by atoms with Crippen LogP contribution in [0, 0.1) is 0 Å². The summed E-state index contributed by atoms with van der Waals surface area (Å²) in [7, 11) is -0.758. The Morgan fingerprint density at radius 1 is 1.09 bits per heavy atom. The highest BCUT2D eigenvalue weighted by Gasteiger charge is 2.34. The maximum Gasteiger partial charge on any atom is 0.417 e. The van der Waals surface area contributed by atoms with Crippen LogP contribution in [0.25, 0.3) is 0 Å². The number of alkyl halides is 3. The quantitative estimate of drug-likeness (QED) is 0.692. The SMILES string of the molecule is COc1ccc(C(=O)Nc2ccc(Cl)c(C(F)(F)F)c2)cc1S(=O)(=O)N1CCN(C)CC1. The zero-order valence-electron chi connectivity index (χ0n) is 17.2. The van der Waals surface area contributed by atoms with E-state index in [1.54, 1.807) is 0 Å². The van der Waals surface area contributed by atoms with Crippen molar-refractivity contribution in [2.75, 3.05) is 45.7 Å². The highest BCUT2D eigenvalue weighted by molar-refractivity contribution is 7.89. The number of likely N-dealkylation sites (N-methyl/N-ethyl adjacent to an activating group) is 1. The molecule has 0 aliphatic carbocycles. The second kappa shape index (κ2) is 9.26. The Bertz CT molecular complexity index is 1120. The normalized spacial score (nSPS) is 16.1. The lowest BCUT2D eigenvalue weighted by Crippen LogP contribution is -2.47. The van der Waals surface area contributed by atoms with E-state index in [1.807, 2.05) is 11.9 Å². The highest BCUT2D eigenvalue weighted by atomic mass is 35.5. The molecule has 2 aromatic carbocycles. The molecule has 12 heteroatoms. The Balaban J connectivity index is 1.91. The van der Waals surface area contributed by atoms with E-state index in [2.05, 4.69) is 5.32 Å². The van der Waals surface area contributed by atoms with Crippen LogP contribution in [0.4, 0.5) is 18.9 Å². The van der Waals surface area contributed by atoms with Crippen molar-refractivity contribution in [3.05, 3.63) is 52.5 Å². The van der Waals surface area contributed by atoms with Crippen molar-refractivity contribution in [3.8, 4) is 5.75 Å². The molecule has 0 aromatic heterocycles. The number of amides is 1. The number of nitrogens with zero attached hydrogens (tertiary/aromatic N) is 2. The number of methoxy groups -OCH3 is 1. The number of halogens is 4. The van der Waals surface area contributed by atoms with Gasteiger partial charge in [-0.3, -0.25) is 4.79 Å². The third kappa shape index (κ3) is 5.17. The first kappa shape index (κ1) is 24.3. The predicted molar refractivity (Wildman–Crippen MR) is 114 cm³/mol. The van der Waals surface area contributed by atoms with E-state index in [0.29, 0.717) is 19.2 Å². The zero-order chi connectivity index (χ0) is 23.7. The molecular weight excluding hydrogens is 471 g/mol. The Labute approximate surface area is 188 Å². The van der Waals surface area contributed by atoms with Crippen molar-refractivity contribution in [1.82, 2.24) is 9.21 Å². The Morgan fingerprint density at radius 3 is 2.34 bits per heavy atom. The molecule has 0 unspecified atom stereocenters. The van der Waals surface area contributed by atoms with Crippen molar-refractivity contribution >= 4 is 33.2 Å². The first-order chi connectivity index (χ1) is 14.9. The van der Waals surface area contributed by atoms with Gasteiger partial charge in [0, 0.05) is 37.4 Å². The van der Waals surface area contributed by atoms with Crippen LogP contribution in [0.2, 0.25) is 5.02 Å². The molecule has 32 heavy (non-hydrogen) atoms. The first-order valence-corrected chi connectivity index (χ1v) is 11.3. The number of hydrogen-bond donors (Lipinski definition) is 1. The molecule has 0 spiro atoms. The van der Waals surface area contributed by atoms with Gasteiger partial charge in [0.2, 0.25) is 10.0 Å². The third-order valence-electron chi connectivity index (χ3n) is 5.04. The lowest BCUT2D eigenvalue weighted by atomic mass is 10.1. The second-order valence-corrected chi connectivity index (χ2v) is 9.53. The summed E-state index contributed by atoms with van der Waals surface area (Å²) >= 11 is 5.60. The van der Waals surface area contributed by atoms with Crippen molar-refractivity contribution < 1.29 is 31.1 Å². The molecule has 1 N–H and O–H groups in total. The number of piperazine rings is 1. The number of hydrogen-bond acceptors (Lipinski definition) is 5. The van der Waals surface area contributed by atoms with Crippen LogP contribution in [0.15, 0.2) is 41.3 Å². The standard InChI is InChI=1S/C20H21ClF3N3O4S/c1-26-7-9-27(10-8-26)32(29,30)18-11-13(3-6-17(18)31-2)19(28)25-14-4-5-16(21)15(12-14)20(22,23)24/h3-6,11-12H,7-10H2,1-2H3,(H,25,28). The number of rotatable bonds is 5. The summed E-state index contributed by atoms with van der Waals surface area (Å²) in [6, 6.07) is 6.78. The molecule has 7 nitrogen and oxygen atoms in total. The molecular formula is C20H21ClF3N3O4S. The van der Waals surface area contributed by atoms with Crippen LogP contribution in [0.1, 0.15) is 15.9 Å². The van der Waals surface area contributed by atoms with E-state index in [9.17, 15) is 26.4 Å². The molecule has 0 saturated carbocycles. The molecule has 0 atom stereocenters. The minimum atomic E-state index is -4.69. The topological polar surface area (TPSA) is 78.9 Å². The van der Waals surface area contributed by atoms with E-state index in [1.165, 1.54) is 29.6 Å². The first-order valence-electron chi connectivity index (χ1n) is 9.48. The maximum absolute atomic E-state index is 13.2. The highest BCUT2D eigenvalue weighted by Crippen LogP contribution is 2.36. The number of anilines is 1. The van der Waals surface area contributed by atoms with Crippen LogP contribution in [-0.4, -0.2) is 63.9 Å². The fraction of sp³-hybridized carbons (Fsp3) is 0.350. The van der Waals surface area contributed by atoms with Gasteiger partial charge in [-0.15, -0.1) is 0 Å². The third-order valence-corrected chi connectivity index (χ3v) is 7.28. The van der Waals surface area contributed by atoms with Gasteiger partial charge in [0.15, 0.2) is 0 Å². The maximum atomic E-state index is 13.2. The largest absolute Gasteiger partial charge is 0.495 e. The van der Waals surface area contributed by atoms with E-state index in [4.69, 9.17) is 16.3 Å². The number of ether oxygens (including phenoxy) is 1. The summed E-state index contributed by atoms with van der Waals surface area (Å²) in [5.41, 5.74) is -1.28. The molecule has 1 amide bonds. The van der Waals surface area contributed by atoms with Crippen LogP contribution < -0.4 is 10.1 Å². The average molecular weight is 492 g/mol. The van der Waals surface area contributed by atoms with Gasteiger partial charge in [0.1, 0.15) is 10.6 Å². The summed E-state index contributed by atoms with van der Waals surface area (Å²) in [5.74, 6) is -0.718. The second-order valence-electron chi connectivity index (χ2n) is 7.22. The molecule has 1 aliphatic rings. The minimum Gasteiger partial charge on any atom is -0.495 e. The van der Waals surface area contributed by atoms with Crippen molar-refractivity contribution in [3.63, 3.8) is 0 Å². The van der Waals surface area contributed by atoms with Crippen molar-refractivity contribution in [1.29, 1.82) is 0 Å². The molecule has 1 fully saturated rings. The fourth-order valence-electron chi connectivity index (χ4n) is 3.21. The van der Waals surface area contributed by atoms with Crippen molar-refractivity contribution in [2.24, 2.45) is 0 Å². The van der Waals surface area contributed by atoms with Crippen LogP contribution in [0.5, 0.6) is 5.75 Å². The number of sulfonamides is 1. The van der Waals surface area contributed by atoms with E-state index < -0.39 is 32.7 Å². The van der Waals surface area contributed by atoms with Gasteiger partial charge < -0.3 is 15.0 Å². The summed E-state index contributed by atoms with van der Waals surface area (Å²) in [6.45, 7) is 1.67. The number of carbonyl (C=O) groups is 1. The number of nitrogens with one attached hydrogen (secondary N) is 1. The van der Waals surface area contributed by atoms with Crippen molar-refractivity contribution in [2.45, 2.75) is 11.1 Å². The zero-order valence-corrected chi connectivity index (χ0v) is 18.8. The average Bonchev–Trinajstić information content (AvgIpc) is 2.74. The summed E-state index contributed by atoms with van der Waals surface area (Å²) in [5, 5.41) is 1.85. The van der Waals surface area contributed by atoms with Gasteiger partial charge in [0.25, 0.3) is 5.91 Å². The van der Waals surface area contributed by atoms with Gasteiger partial charge in [0.05, 0.1) is 17.7 Å². The Morgan fingerprint density at radius 2 is 1.75 bits per heavy atom. The van der Waals surface area contributed by atoms with Crippen LogP contribution in [0.3, 0.4) is 0 Å². The van der Waals surface area contributed by atoms with Gasteiger partial charge >= 0.3 is 6.18 Å². The van der Waals surface area contributed by atoms with E-state index in [0.717, 1.165) is 12.1 Å². The molecule has 174 valence electrons. The summed E-state index contributed by atoms with van der Waals surface area (Å²) in [4.78, 5) is 14.5. The molecule has 1 saturated heterocycles. The number of carbonyl (C=O) groups excluding carboxylic acids is 1. The van der Waals surface area contributed by atoms with Gasteiger partial charge in [-0.1, -0.05) is 11.6 Å². The predicted octanol–water partition coefficient (Wildman–Crippen LogP) is 3.56. The Hall–Kier alpha value is -2.34. The molecule has 0 radical (unpaired) electrons. The Kier molecular flexibility index (Phi) is 7.03. The molecule has 1 heterocycles. The minimum absolute atomic E-state index is 0.0537. The monoisotopic (exact) mass is 491 g/mol.